The number of carbonyl (C=O) groups is 3. The van der Waals surface area contributed by atoms with Crippen molar-refractivity contribution in [3.05, 3.63) is 171 Å². The lowest BCUT2D eigenvalue weighted by molar-refractivity contribution is -0.122. The van der Waals surface area contributed by atoms with Gasteiger partial charge in [0.05, 0.1) is 17.8 Å². The monoisotopic (exact) mass is 773 g/mol. The number of benzene rings is 6. The molecule has 3 aliphatic rings. The molecule has 284 valence electrons. The van der Waals surface area contributed by atoms with Crippen molar-refractivity contribution in [3.63, 3.8) is 0 Å². The number of methoxy groups -OCH3 is 1. The molecular formula is C48H40ClN3O5. The first-order chi connectivity index (χ1) is 27.8. The Balaban J connectivity index is 1.09. The molecule has 3 aliphatic heterocycles. The average Bonchev–Trinajstić information content (AvgIpc) is 3.23. The van der Waals surface area contributed by atoms with Gasteiger partial charge in [-0.25, -0.2) is 9.69 Å². The zero-order valence-corrected chi connectivity index (χ0v) is 32.4. The lowest BCUT2D eigenvalue weighted by Gasteiger charge is -2.44. The number of imide groups is 2. The Morgan fingerprint density at radius 1 is 0.789 bits per heavy atom. The summed E-state index contributed by atoms with van der Waals surface area (Å²) in [6.07, 6.45) is 3.22. The SMILES string of the molecule is COc1cc(/C=C2\C(=O)NC(=O)N(c3cc4c5c(c3)[C@@H](c3ccccc3)CCN5CC[C@@H]4c3ccccc3)C2=O)cc(Cl)c1OCc1c(C)ccc2ccccc12. The van der Waals surface area contributed by atoms with Crippen LogP contribution in [0.1, 0.15) is 63.6 Å². The van der Waals surface area contributed by atoms with Crippen LogP contribution < -0.4 is 24.6 Å². The molecule has 6 aromatic carbocycles. The van der Waals surface area contributed by atoms with Gasteiger partial charge in [-0.3, -0.25) is 14.9 Å². The number of hydrogen-bond acceptors (Lipinski definition) is 6. The maximum atomic E-state index is 14.5. The highest BCUT2D eigenvalue weighted by atomic mass is 35.5. The van der Waals surface area contributed by atoms with Gasteiger partial charge in [-0.05, 0) is 94.3 Å². The molecule has 0 aliphatic carbocycles. The summed E-state index contributed by atoms with van der Waals surface area (Å²) >= 11 is 6.83. The molecule has 57 heavy (non-hydrogen) atoms. The molecule has 0 radical (unpaired) electrons. The van der Waals surface area contributed by atoms with E-state index in [4.69, 9.17) is 21.1 Å². The Morgan fingerprint density at radius 3 is 2.07 bits per heavy atom. The number of ether oxygens (including phenoxy) is 2. The molecule has 0 unspecified atom stereocenters. The molecule has 0 bridgehead atoms. The standard InChI is InChI=1S/C48H40ClN3O5/c1-29-17-18-33-15-9-10-16-35(33)41(29)28-57-45-42(49)24-30(25-43(45)56-2)23-40-46(53)50-48(55)52(47(40)54)34-26-38-36(31-11-5-3-6-12-31)19-21-51-22-20-37(39(27-34)44(38)51)32-13-7-4-8-14-32/h3-18,23-27,36-37H,19-22,28H2,1-2H3,(H,50,53,55)/b40-23+/t36-,37-/m1/s1. The molecule has 1 fully saturated rings. The second-order valence-corrected chi connectivity index (χ2v) is 15.2. The van der Waals surface area contributed by atoms with Gasteiger partial charge in [-0.1, -0.05) is 109 Å². The van der Waals surface area contributed by atoms with Gasteiger partial charge in [-0.15, -0.1) is 0 Å². The normalized spacial score (nSPS) is 18.4. The predicted molar refractivity (Wildman–Crippen MR) is 224 cm³/mol. The van der Waals surface area contributed by atoms with Gasteiger partial charge in [0.2, 0.25) is 0 Å². The molecule has 2 atom stereocenters. The maximum Gasteiger partial charge on any atom is 0.335 e. The number of amides is 4. The van der Waals surface area contributed by atoms with E-state index in [1.165, 1.54) is 24.3 Å². The van der Waals surface area contributed by atoms with Gasteiger partial charge in [0.15, 0.2) is 11.5 Å². The Labute approximate surface area is 336 Å². The van der Waals surface area contributed by atoms with Crippen LogP contribution in [0.4, 0.5) is 16.2 Å². The zero-order valence-electron chi connectivity index (χ0n) is 31.6. The lowest BCUT2D eigenvalue weighted by atomic mass is 9.76. The molecule has 6 aromatic rings. The van der Waals surface area contributed by atoms with Gasteiger partial charge in [0.1, 0.15) is 12.2 Å². The third kappa shape index (κ3) is 6.60. The summed E-state index contributed by atoms with van der Waals surface area (Å²) in [5.74, 6) is -0.731. The van der Waals surface area contributed by atoms with Crippen molar-refractivity contribution < 1.29 is 23.9 Å². The van der Waals surface area contributed by atoms with Crippen molar-refractivity contribution in [2.75, 3.05) is 30.0 Å². The summed E-state index contributed by atoms with van der Waals surface area (Å²) in [6.45, 7) is 4.10. The maximum absolute atomic E-state index is 14.5. The number of anilines is 2. The van der Waals surface area contributed by atoms with Gasteiger partial charge in [-0.2, -0.15) is 0 Å². The summed E-state index contributed by atoms with van der Waals surface area (Å²) in [5.41, 5.74) is 8.39. The van der Waals surface area contributed by atoms with Crippen molar-refractivity contribution in [2.45, 2.75) is 38.2 Å². The molecule has 0 aromatic heterocycles. The largest absolute Gasteiger partial charge is 0.493 e. The van der Waals surface area contributed by atoms with Crippen molar-refractivity contribution in [1.82, 2.24) is 5.32 Å². The smallest absolute Gasteiger partial charge is 0.335 e. The Bertz CT molecular complexity index is 2530. The van der Waals surface area contributed by atoms with Crippen molar-refractivity contribution in [1.29, 1.82) is 0 Å². The van der Waals surface area contributed by atoms with E-state index in [0.717, 1.165) is 69.5 Å². The summed E-state index contributed by atoms with van der Waals surface area (Å²) in [6, 6.07) is 39.4. The number of fused-ring (bicyclic) bond motifs is 1. The van der Waals surface area contributed by atoms with Crippen LogP contribution in [0.3, 0.4) is 0 Å². The Kier molecular flexibility index (Phi) is 9.50. The van der Waals surface area contributed by atoms with Gasteiger partial charge < -0.3 is 14.4 Å². The van der Waals surface area contributed by atoms with Crippen LogP contribution in [0, 0.1) is 6.92 Å². The molecule has 1 N–H and O–H groups in total. The van der Waals surface area contributed by atoms with Crippen molar-refractivity contribution in [3.8, 4) is 11.5 Å². The third-order valence-corrected chi connectivity index (χ3v) is 11.8. The molecule has 9 rings (SSSR count). The molecule has 3 heterocycles. The summed E-state index contributed by atoms with van der Waals surface area (Å²) in [5, 5.41) is 4.86. The van der Waals surface area contributed by atoms with Crippen LogP contribution in [0.5, 0.6) is 11.5 Å². The molecule has 9 heteroatoms. The first kappa shape index (κ1) is 36.3. The van der Waals surface area contributed by atoms with Crippen LogP contribution in [0.25, 0.3) is 16.8 Å². The number of nitrogens with one attached hydrogen (secondary N) is 1. The first-order valence-electron chi connectivity index (χ1n) is 19.2. The van der Waals surface area contributed by atoms with Crippen LogP contribution in [-0.2, 0) is 16.2 Å². The minimum Gasteiger partial charge on any atom is -0.493 e. The molecule has 0 saturated carbocycles. The molecule has 1 saturated heterocycles. The van der Waals surface area contributed by atoms with E-state index in [1.807, 2.05) is 67.6 Å². The fraction of sp³-hybridized carbons (Fsp3) is 0.188. The summed E-state index contributed by atoms with van der Waals surface area (Å²) in [4.78, 5) is 45.2. The van der Waals surface area contributed by atoms with E-state index in [0.29, 0.717) is 22.7 Å². The summed E-state index contributed by atoms with van der Waals surface area (Å²) in [7, 11) is 1.51. The predicted octanol–water partition coefficient (Wildman–Crippen LogP) is 9.93. The van der Waals surface area contributed by atoms with Crippen LogP contribution in [0.15, 0.2) is 127 Å². The Morgan fingerprint density at radius 2 is 1.42 bits per heavy atom. The second-order valence-electron chi connectivity index (χ2n) is 14.8. The molecule has 8 nitrogen and oxygen atoms in total. The van der Waals surface area contributed by atoms with Crippen LogP contribution >= 0.6 is 11.6 Å². The average molecular weight is 774 g/mol. The number of halogens is 1. The van der Waals surface area contributed by atoms with E-state index >= 15 is 0 Å². The molecule has 0 spiro atoms. The zero-order chi connectivity index (χ0) is 39.2. The lowest BCUT2D eigenvalue weighted by Crippen LogP contribution is -2.54. The highest BCUT2D eigenvalue weighted by Gasteiger charge is 2.40. The summed E-state index contributed by atoms with van der Waals surface area (Å²) < 4.78 is 12.0. The number of carbonyl (C=O) groups excluding carboxylic acids is 3. The third-order valence-electron chi connectivity index (χ3n) is 11.6. The highest BCUT2D eigenvalue weighted by molar-refractivity contribution is 6.39. The first-order valence-corrected chi connectivity index (χ1v) is 19.6. The van der Waals surface area contributed by atoms with Gasteiger partial charge >= 0.3 is 6.03 Å². The van der Waals surface area contributed by atoms with E-state index in [2.05, 4.69) is 58.7 Å². The van der Waals surface area contributed by atoms with E-state index in [1.54, 1.807) is 12.1 Å². The number of nitrogens with zero attached hydrogens (tertiary/aromatic N) is 2. The Hall–Kier alpha value is -6.38. The molecular weight excluding hydrogens is 734 g/mol. The number of barbiturate groups is 1. The fourth-order valence-electron chi connectivity index (χ4n) is 8.77. The topological polar surface area (TPSA) is 88.2 Å². The minimum absolute atomic E-state index is 0.0603. The quantitative estimate of drug-likeness (QED) is 0.122. The van der Waals surface area contributed by atoms with Crippen LogP contribution in [-0.4, -0.2) is 38.0 Å². The van der Waals surface area contributed by atoms with Gasteiger partial charge in [0, 0.05) is 36.2 Å². The number of aryl methyl sites for hydroxylation is 1. The highest BCUT2D eigenvalue weighted by Crippen LogP contribution is 2.50. The van der Waals surface area contributed by atoms with Crippen molar-refractivity contribution in [2.24, 2.45) is 0 Å². The van der Waals surface area contributed by atoms with Crippen LogP contribution in [0.2, 0.25) is 5.02 Å². The van der Waals surface area contributed by atoms with Crippen molar-refractivity contribution >= 4 is 57.7 Å². The van der Waals surface area contributed by atoms with E-state index in [9.17, 15) is 14.4 Å². The van der Waals surface area contributed by atoms with E-state index in [-0.39, 0.29) is 29.0 Å². The number of rotatable bonds is 8. The minimum atomic E-state index is -0.798. The van der Waals surface area contributed by atoms with Gasteiger partial charge in [0.25, 0.3) is 11.8 Å². The fourth-order valence-corrected chi connectivity index (χ4v) is 9.04. The number of hydrogen-bond donors (Lipinski definition) is 1. The number of urea groups is 1. The molecule has 4 amide bonds. The van der Waals surface area contributed by atoms with E-state index < -0.39 is 17.8 Å². The second kappa shape index (κ2) is 14.9.